The van der Waals surface area contributed by atoms with Gasteiger partial charge in [-0.05, 0) is 43.4 Å². The predicted molar refractivity (Wildman–Crippen MR) is 71.2 cm³/mol. The molecule has 0 bridgehead atoms. The molecule has 0 aliphatic carbocycles. The summed E-state index contributed by atoms with van der Waals surface area (Å²) in [5.41, 5.74) is -0.488. The van der Waals surface area contributed by atoms with Gasteiger partial charge < -0.3 is 14.2 Å². The molecule has 0 aromatic carbocycles. The summed E-state index contributed by atoms with van der Waals surface area (Å²) in [5.74, 6) is 0.164. The summed E-state index contributed by atoms with van der Waals surface area (Å²) in [6.45, 7) is 6.15. The SMILES string of the molecule is CC(C)(C)OC(=O)Cn1cc(I)c(OC2CO2)n1. The molecule has 0 radical (unpaired) electrons. The number of carbonyl (C=O) groups excluding carboxylic acids is 1. The second-order valence-corrected chi connectivity index (χ2v) is 6.11. The van der Waals surface area contributed by atoms with Crippen molar-refractivity contribution in [2.45, 2.75) is 39.2 Å². The number of nitrogens with zero attached hydrogens (tertiary/aromatic N) is 2. The highest BCUT2D eigenvalue weighted by Gasteiger charge is 2.27. The summed E-state index contributed by atoms with van der Waals surface area (Å²) in [6, 6.07) is 0. The molecule has 1 atom stereocenters. The van der Waals surface area contributed by atoms with Crippen molar-refractivity contribution >= 4 is 28.6 Å². The third-order valence-corrected chi connectivity index (χ3v) is 2.68. The fraction of sp³-hybridized carbons (Fsp3) is 0.636. The Kier molecular flexibility index (Phi) is 3.81. The maximum absolute atomic E-state index is 11.6. The van der Waals surface area contributed by atoms with Crippen molar-refractivity contribution in [1.82, 2.24) is 9.78 Å². The smallest absolute Gasteiger partial charge is 0.328 e. The first-order valence-corrected chi connectivity index (χ1v) is 6.64. The number of rotatable bonds is 4. The maximum Gasteiger partial charge on any atom is 0.328 e. The quantitative estimate of drug-likeness (QED) is 0.460. The lowest BCUT2D eigenvalue weighted by molar-refractivity contribution is -0.155. The lowest BCUT2D eigenvalue weighted by Crippen LogP contribution is -2.26. The number of halogens is 1. The van der Waals surface area contributed by atoms with E-state index in [4.69, 9.17) is 14.2 Å². The van der Waals surface area contributed by atoms with Crippen LogP contribution in [0.2, 0.25) is 0 Å². The van der Waals surface area contributed by atoms with E-state index >= 15 is 0 Å². The van der Waals surface area contributed by atoms with Crippen molar-refractivity contribution in [2.75, 3.05) is 6.61 Å². The van der Waals surface area contributed by atoms with E-state index in [0.717, 1.165) is 3.57 Å². The molecule has 1 saturated heterocycles. The lowest BCUT2D eigenvalue weighted by atomic mass is 10.2. The first kappa shape index (κ1) is 13.6. The maximum atomic E-state index is 11.6. The van der Waals surface area contributed by atoms with Gasteiger partial charge in [-0.3, -0.25) is 9.48 Å². The van der Waals surface area contributed by atoms with Crippen LogP contribution >= 0.6 is 22.6 Å². The van der Waals surface area contributed by atoms with Crippen molar-refractivity contribution in [3.8, 4) is 5.88 Å². The largest absolute Gasteiger partial charge is 0.459 e. The van der Waals surface area contributed by atoms with Gasteiger partial charge in [-0.15, -0.1) is 5.10 Å². The Hall–Kier alpha value is -0.830. The van der Waals surface area contributed by atoms with Crippen LogP contribution in [0.1, 0.15) is 20.8 Å². The molecule has 1 aromatic heterocycles. The van der Waals surface area contributed by atoms with Gasteiger partial charge in [0.05, 0.1) is 3.57 Å². The van der Waals surface area contributed by atoms with Gasteiger partial charge in [0.2, 0.25) is 12.2 Å². The minimum Gasteiger partial charge on any atom is -0.459 e. The number of hydrogen-bond donors (Lipinski definition) is 0. The number of hydrogen-bond acceptors (Lipinski definition) is 5. The first-order chi connectivity index (χ1) is 8.33. The van der Waals surface area contributed by atoms with Gasteiger partial charge in [0.25, 0.3) is 0 Å². The van der Waals surface area contributed by atoms with Crippen LogP contribution in [0.15, 0.2) is 6.20 Å². The topological polar surface area (TPSA) is 65.9 Å². The highest BCUT2D eigenvalue weighted by molar-refractivity contribution is 14.1. The molecule has 0 spiro atoms. The summed E-state index contributed by atoms with van der Waals surface area (Å²) in [4.78, 5) is 11.6. The zero-order valence-corrected chi connectivity index (χ0v) is 12.6. The van der Waals surface area contributed by atoms with E-state index in [1.165, 1.54) is 4.68 Å². The van der Waals surface area contributed by atoms with Crippen LogP contribution in [0.3, 0.4) is 0 Å². The summed E-state index contributed by atoms with van der Waals surface area (Å²) in [7, 11) is 0. The van der Waals surface area contributed by atoms with E-state index in [0.29, 0.717) is 12.5 Å². The standard InChI is InChI=1S/C11H15IN2O4/c1-11(2,3)18-8(15)5-14-4-7(12)10(13-14)17-9-6-16-9/h4,9H,5-6H2,1-3H3. The average Bonchev–Trinajstić information content (AvgIpc) is 2.90. The Bertz CT molecular complexity index is 448. The Morgan fingerprint density at radius 1 is 1.67 bits per heavy atom. The molecule has 2 heterocycles. The summed E-state index contributed by atoms with van der Waals surface area (Å²) in [6.07, 6.45) is 1.55. The second kappa shape index (κ2) is 5.04. The first-order valence-electron chi connectivity index (χ1n) is 5.56. The molecular weight excluding hydrogens is 351 g/mol. The number of carbonyl (C=O) groups is 1. The number of aromatic nitrogens is 2. The normalized spacial score (nSPS) is 18.6. The monoisotopic (exact) mass is 366 g/mol. The second-order valence-electron chi connectivity index (χ2n) is 4.95. The van der Waals surface area contributed by atoms with Crippen LogP contribution < -0.4 is 4.74 Å². The Morgan fingerprint density at radius 2 is 2.33 bits per heavy atom. The minimum atomic E-state index is -0.488. The summed E-state index contributed by atoms with van der Waals surface area (Å²) in [5, 5.41) is 4.17. The predicted octanol–water partition coefficient (Wildman–Crippen LogP) is 1.56. The van der Waals surface area contributed by atoms with Gasteiger partial charge in [-0.2, -0.15) is 0 Å². The van der Waals surface area contributed by atoms with Gasteiger partial charge in [0.15, 0.2) is 0 Å². The Labute approximate surface area is 119 Å². The molecular formula is C11H15IN2O4. The average molecular weight is 366 g/mol. The van der Waals surface area contributed by atoms with E-state index in [2.05, 4.69) is 27.7 Å². The molecule has 6 nitrogen and oxygen atoms in total. The highest BCUT2D eigenvalue weighted by Crippen LogP contribution is 2.23. The third-order valence-electron chi connectivity index (χ3n) is 1.94. The number of ether oxygens (including phenoxy) is 3. The molecule has 0 amide bonds. The molecule has 100 valence electrons. The molecule has 1 aliphatic rings. The van der Waals surface area contributed by atoms with Gasteiger partial charge in [-0.1, -0.05) is 0 Å². The molecule has 1 fully saturated rings. The molecule has 1 aromatic rings. The van der Waals surface area contributed by atoms with Crippen LogP contribution in [-0.2, 0) is 20.8 Å². The summed E-state index contributed by atoms with van der Waals surface area (Å²) >= 11 is 2.10. The van der Waals surface area contributed by atoms with Gasteiger partial charge in [-0.25, -0.2) is 0 Å². The Balaban J connectivity index is 1.94. The summed E-state index contributed by atoms with van der Waals surface area (Å²) < 4.78 is 17.9. The highest BCUT2D eigenvalue weighted by atomic mass is 127. The van der Waals surface area contributed by atoms with Crippen LogP contribution in [0.5, 0.6) is 5.88 Å². The molecule has 0 saturated carbocycles. The van der Waals surface area contributed by atoms with Gasteiger partial charge in [0.1, 0.15) is 18.8 Å². The van der Waals surface area contributed by atoms with Crippen LogP contribution in [0, 0.1) is 3.57 Å². The minimum absolute atomic E-state index is 0.0716. The van der Waals surface area contributed by atoms with Crippen molar-refractivity contribution < 1.29 is 19.0 Å². The van der Waals surface area contributed by atoms with Crippen LogP contribution in [0.4, 0.5) is 0 Å². The molecule has 1 unspecified atom stereocenters. The van der Waals surface area contributed by atoms with Crippen molar-refractivity contribution in [2.24, 2.45) is 0 Å². The zero-order chi connectivity index (χ0) is 13.3. The molecule has 18 heavy (non-hydrogen) atoms. The van der Waals surface area contributed by atoms with E-state index < -0.39 is 5.60 Å². The van der Waals surface area contributed by atoms with Crippen molar-refractivity contribution in [3.05, 3.63) is 9.77 Å². The Morgan fingerprint density at radius 3 is 2.89 bits per heavy atom. The van der Waals surface area contributed by atoms with E-state index in [1.54, 1.807) is 6.20 Å². The fourth-order valence-electron chi connectivity index (χ4n) is 1.28. The number of epoxide rings is 1. The van der Waals surface area contributed by atoms with Crippen LogP contribution in [0.25, 0.3) is 0 Å². The molecule has 0 N–H and O–H groups in total. The van der Waals surface area contributed by atoms with E-state index in [-0.39, 0.29) is 18.8 Å². The van der Waals surface area contributed by atoms with Crippen molar-refractivity contribution in [3.63, 3.8) is 0 Å². The van der Waals surface area contributed by atoms with Crippen LogP contribution in [-0.4, -0.2) is 34.2 Å². The fourth-order valence-corrected chi connectivity index (χ4v) is 1.83. The molecule has 2 rings (SSSR count). The molecule has 7 heteroatoms. The van der Waals surface area contributed by atoms with E-state index in [9.17, 15) is 4.79 Å². The number of esters is 1. The van der Waals surface area contributed by atoms with Gasteiger partial charge >= 0.3 is 5.97 Å². The third kappa shape index (κ3) is 4.13. The van der Waals surface area contributed by atoms with Crippen molar-refractivity contribution in [1.29, 1.82) is 0 Å². The zero-order valence-electron chi connectivity index (χ0n) is 10.5. The molecule has 1 aliphatic heterocycles. The lowest BCUT2D eigenvalue weighted by Gasteiger charge is -2.19. The van der Waals surface area contributed by atoms with Gasteiger partial charge in [0, 0.05) is 6.20 Å². The van der Waals surface area contributed by atoms with E-state index in [1.807, 2.05) is 20.8 Å².